The summed E-state index contributed by atoms with van der Waals surface area (Å²) in [5, 5.41) is 17.6. The number of thiophene rings is 1. The van der Waals surface area contributed by atoms with Crippen molar-refractivity contribution in [1.82, 2.24) is 9.13 Å². The summed E-state index contributed by atoms with van der Waals surface area (Å²) in [6.45, 7) is 0. The van der Waals surface area contributed by atoms with E-state index < -0.39 is 0 Å². The van der Waals surface area contributed by atoms with Crippen molar-refractivity contribution in [3.8, 4) is 89.3 Å². The smallest absolute Gasteiger partial charge is 0.143 e. The highest BCUT2D eigenvalue weighted by Gasteiger charge is 2.29. The zero-order chi connectivity index (χ0) is 81.2. The zero-order valence-electron chi connectivity index (χ0n) is 67.7. The number of para-hydroxylation sites is 6. The molecule has 0 spiro atoms. The highest BCUT2D eigenvalue weighted by Crippen LogP contribution is 2.51. The van der Waals surface area contributed by atoms with Crippen LogP contribution in [-0.2, 0) is 38.5 Å². The Labute approximate surface area is 718 Å². The lowest BCUT2D eigenvalue weighted by Crippen LogP contribution is -2.03. The molecule has 0 saturated heterocycles. The molecule has 6 heterocycles. The Hall–Kier alpha value is -15.3. The van der Waals surface area contributed by atoms with Crippen LogP contribution in [0.3, 0.4) is 0 Å². The number of hydrogen-bond acceptors (Lipinski definition) is 4. The van der Waals surface area contributed by atoms with Gasteiger partial charge in [0.25, 0.3) is 0 Å². The van der Waals surface area contributed by atoms with Gasteiger partial charge in [0.15, 0.2) is 0 Å². The predicted molar refractivity (Wildman–Crippen MR) is 521 cm³/mol. The van der Waals surface area contributed by atoms with Crippen LogP contribution in [0.1, 0.15) is 33.4 Å². The van der Waals surface area contributed by atoms with E-state index in [4.69, 9.17) is 13.3 Å². The molecule has 3 aliphatic rings. The standard InChI is InChI=1S/C42H27NO.C38H25NO.C38H24OS/c1-3-10-31-26(8-1)16-17-29-21-25-38-40(39(29)31)36-14-7-13-33(42(36)44-38)28-18-22-30(23-19-28)43-37-15-6-5-12-34(37)35-24-20-27-9-2-4-11-32(27)41(35)43;1-2-9-28-24(8-1)16-17-26-20-23-35-37(36(26)28)32-13-7-12-29(38(32)40-35)25-18-21-27(22-19-25)39-33-14-5-3-10-30(33)31-11-4-6-15-34(31)39;1-2-8-27-23(7-1)19-20-26-21-22-33-36(35(26)27)32-13-5-10-28(37(32)39-33)24-15-17-25(18-16-24)29-11-6-12-31-30-9-3-4-14-34(30)40-38(29)31/h1-15,18-25H,16-17H2;1-15,18-23H,16-17H2;1-18,21-22H,19-20H2. The van der Waals surface area contributed by atoms with E-state index in [0.717, 1.165) is 111 Å². The second-order valence-corrected chi connectivity index (χ2v) is 34.7. The number of nitrogens with zero attached hydrogens (tertiary/aromatic N) is 2. The molecule has 6 aromatic heterocycles. The highest BCUT2D eigenvalue weighted by atomic mass is 32.1. The van der Waals surface area contributed by atoms with Crippen LogP contribution >= 0.6 is 11.3 Å². The third kappa shape index (κ3) is 11.0. The van der Waals surface area contributed by atoms with Gasteiger partial charge in [-0.2, -0.15) is 0 Å². The van der Waals surface area contributed by atoms with Gasteiger partial charge in [0.05, 0.1) is 22.1 Å². The summed E-state index contributed by atoms with van der Waals surface area (Å²) in [5.74, 6) is 0. The summed E-state index contributed by atoms with van der Waals surface area (Å²) in [4.78, 5) is 0. The number of hydrogen-bond donors (Lipinski definition) is 0. The molecule has 19 aromatic carbocycles. The van der Waals surface area contributed by atoms with Crippen molar-refractivity contribution in [3.63, 3.8) is 0 Å². The van der Waals surface area contributed by atoms with Gasteiger partial charge < -0.3 is 22.4 Å². The van der Waals surface area contributed by atoms with E-state index in [1.165, 1.54) is 190 Å². The van der Waals surface area contributed by atoms with Gasteiger partial charge >= 0.3 is 0 Å². The molecule has 0 saturated carbocycles. The van der Waals surface area contributed by atoms with Crippen molar-refractivity contribution in [3.05, 3.63) is 422 Å². The van der Waals surface area contributed by atoms with E-state index in [1.54, 1.807) is 0 Å². The Kier molecular flexibility index (Phi) is 16.0. The van der Waals surface area contributed by atoms with Crippen LogP contribution in [0.2, 0.25) is 0 Å². The fourth-order valence-corrected chi connectivity index (χ4v) is 22.6. The summed E-state index contributed by atoms with van der Waals surface area (Å²) >= 11 is 1.88. The van der Waals surface area contributed by atoms with Crippen LogP contribution in [-0.4, -0.2) is 9.13 Å². The fourth-order valence-electron chi connectivity index (χ4n) is 21.4. The topological polar surface area (TPSA) is 49.3 Å². The largest absolute Gasteiger partial charge is 0.455 e. The molecule has 582 valence electrons. The Morgan fingerprint density at radius 3 is 1.01 bits per heavy atom. The van der Waals surface area contributed by atoms with Crippen LogP contribution in [0.4, 0.5) is 0 Å². The van der Waals surface area contributed by atoms with Crippen LogP contribution in [0.25, 0.3) is 230 Å². The Bertz CT molecular complexity index is 8680. The third-order valence-corrected chi connectivity index (χ3v) is 28.2. The van der Waals surface area contributed by atoms with Gasteiger partial charge in [-0.15, -0.1) is 11.3 Å². The van der Waals surface area contributed by atoms with E-state index in [-0.39, 0.29) is 0 Å². The molecule has 124 heavy (non-hydrogen) atoms. The molecule has 0 bridgehead atoms. The number of furan rings is 3. The highest BCUT2D eigenvalue weighted by molar-refractivity contribution is 7.26. The molecule has 0 N–H and O–H groups in total. The molecule has 0 atom stereocenters. The van der Waals surface area contributed by atoms with E-state index in [1.807, 2.05) is 11.3 Å². The lowest BCUT2D eigenvalue weighted by molar-refractivity contribution is 0.669. The summed E-state index contributed by atoms with van der Waals surface area (Å²) < 4.78 is 27.4. The summed E-state index contributed by atoms with van der Waals surface area (Å²) in [7, 11) is 0. The zero-order valence-corrected chi connectivity index (χ0v) is 68.5. The second kappa shape index (κ2) is 28.1. The van der Waals surface area contributed by atoms with Gasteiger partial charge in [0, 0.05) is 107 Å². The van der Waals surface area contributed by atoms with Crippen molar-refractivity contribution < 1.29 is 13.3 Å². The SMILES string of the molecule is c1ccc2c(c1)CCc1ccc3oc4c(-c5ccc(-c6cccc7c6sc6ccccc67)cc5)cccc4c3c1-2.c1ccc2c(c1)CCc1ccc3oc4c(-c5ccc(-n6c7ccccc7c7ccc8ccccc8c76)cc5)cccc4c3c1-2.c1ccc2c(c1)CCc1ccc3oc4c(-c5ccc(-n6c7ccccc7c7ccccc76)cc5)cccc4c3c1-2. The molecule has 25 aromatic rings. The van der Waals surface area contributed by atoms with Gasteiger partial charge in [-0.25, -0.2) is 0 Å². The maximum Gasteiger partial charge on any atom is 0.143 e. The first-order chi connectivity index (χ1) is 61.5. The molecular weight excluding hydrogens is 1530 g/mol. The number of rotatable bonds is 6. The molecular formula is C118H76N2O3S. The number of fused-ring (bicyclic) bond motifs is 32. The summed E-state index contributed by atoms with van der Waals surface area (Å²) in [6, 6.07) is 141. The lowest BCUT2D eigenvalue weighted by atomic mass is 9.83. The molecule has 0 radical (unpaired) electrons. The molecule has 3 aliphatic carbocycles. The van der Waals surface area contributed by atoms with E-state index in [9.17, 15) is 0 Å². The van der Waals surface area contributed by atoms with Gasteiger partial charge in [0.1, 0.15) is 33.5 Å². The third-order valence-electron chi connectivity index (χ3n) is 27.0. The minimum atomic E-state index is 0.953. The van der Waals surface area contributed by atoms with Crippen molar-refractivity contribution in [2.45, 2.75) is 38.5 Å². The Balaban J connectivity index is 0.0000000996. The van der Waals surface area contributed by atoms with Crippen molar-refractivity contribution in [1.29, 1.82) is 0 Å². The van der Waals surface area contributed by atoms with Crippen LogP contribution in [0, 0.1) is 0 Å². The molecule has 0 aliphatic heterocycles. The average Bonchev–Trinajstić information content (AvgIpc) is 1.56. The van der Waals surface area contributed by atoms with Gasteiger partial charge in [-0.1, -0.05) is 322 Å². The quantitative estimate of drug-likeness (QED) is 0.167. The van der Waals surface area contributed by atoms with Crippen molar-refractivity contribution >= 4 is 152 Å². The first-order valence-electron chi connectivity index (χ1n) is 43.3. The molecule has 5 nitrogen and oxygen atoms in total. The van der Waals surface area contributed by atoms with Crippen LogP contribution < -0.4 is 0 Å². The first-order valence-corrected chi connectivity index (χ1v) is 44.1. The molecule has 0 unspecified atom stereocenters. The Morgan fingerprint density at radius 2 is 0.540 bits per heavy atom. The average molecular weight is 1600 g/mol. The molecule has 0 fully saturated rings. The van der Waals surface area contributed by atoms with Crippen LogP contribution in [0.5, 0.6) is 0 Å². The van der Waals surface area contributed by atoms with Gasteiger partial charge in [-0.05, 0) is 205 Å². The number of aromatic nitrogens is 2. The number of benzene rings is 19. The Morgan fingerprint density at radius 1 is 0.210 bits per heavy atom. The fraction of sp³-hybridized carbons (Fsp3) is 0.0508. The minimum Gasteiger partial charge on any atom is -0.455 e. The van der Waals surface area contributed by atoms with Crippen molar-refractivity contribution in [2.75, 3.05) is 0 Å². The first kappa shape index (κ1) is 70.5. The molecule has 6 heteroatoms. The van der Waals surface area contributed by atoms with E-state index in [0.29, 0.717) is 0 Å². The van der Waals surface area contributed by atoms with E-state index in [2.05, 4.69) is 397 Å². The second-order valence-electron chi connectivity index (χ2n) is 33.6. The number of aryl methyl sites for hydroxylation is 6. The van der Waals surface area contributed by atoms with Gasteiger partial charge in [-0.3, -0.25) is 0 Å². The maximum atomic E-state index is 6.68. The maximum absolute atomic E-state index is 6.68. The minimum absolute atomic E-state index is 0.953. The lowest BCUT2D eigenvalue weighted by Gasteiger charge is -2.20. The predicted octanol–water partition coefficient (Wildman–Crippen LogP) is 32.4. The van der Waals surface area contributed by atoms with E-state index >= 15 is 0 Å². The molecule has 28 rings (SSSR count). The van der Waals surface area contributed by atoms with Crippen molar-refractivity contribution in [2.24, 2.45) is 0 Å². The monoisotopic (exact) mass is 1600 g/mol. The normalized spacial score (nSPS) is 12.8. The summed E-state index contributed by atoms with van der Waals surface area (Å²) in [6.07, 6.45) is 6.48. The summed E-state index contributed by atoms with van der Waals surface area (Å²) in [5.41, 5.74) is 39.0. The molecule has 0 amide bonds. The van der Waals surface area contributed by atoms with Gasteiger partial charge in [0.2, 0.25) is 0 Å². The van der Waals surface area contributed by atoms with Crippen LogP contribution in [0.15, 0.2) is 401 Å².